The summed E-state index contributed by atoms with van der Waals surface area (Å²) in [7, 11) is -3.93. The maximum Gasteiger partial charge on any atom is 0.262 e. The van der Waals surface area contributed by atoms with Gasteiger partial charge in [0.2, 0.25) is 0 Å². The highest BCUT2D eigenvalue weighted by Crippen LogP contribution is 2.27. The van der Waals surface area contributed by atoms with Crippen LogP contribution in [0.15, 0.2) is 35.2 Å². The molecule has 0 heterocycles. The Morgan fingerprint density at radius 2 is 1.67 bits per heavy atom. The number of nitrogens with two attached hydrogens (primary N) is 1. The molecule has 0 amide bonds. The maximum atomic E-state index is 13.3. The van der Waals surface area contributed by atoms with Crippen LogP contribution in [0.25, 0.3) is 0 Å². The van der Waals surface area contributed by atoms with Crippen molar-refractivity contribution in [1.29, 1.82) is 0 Å². The van der Waals surface area contributed by atoms with Gasteiger partial charge in [0.1, 0.15) is 5.82 Å². The van der Waals surface area contributed by atoms with E-state index in [-0.39, 0.29) is 31.9 Å². The highest BCUT2D eigenvalue weighted by Gasteiger charge is 2.19. The van der Waals surface area contributed by atoms with Crippen molar-refractivity contribution in [2.24, 2.45) is 0 Å². The molecule has 0 atom stereocenters. The summed E-state index contributed by atoms with van der Waals surface area (Å²) in [5.74, 6) is -0.669. The van der Waals surface area contributed by atoms with Crippen molar-refractivity contribution < 1.29 is 12.8 Å². The third-order valence-electron chi connectivity index (χ3n) is 2.70. The average molecular weight is 349 g/mol. The molecular formula is C13H11Cl2FN2O2S. The van der Waals surface area contributed by atoms with Gasteiger partial charge in [-0.1, -0.05) is 23.2 Å². The van der Waals surface area contributed by atoms with Crippen LogP contribution in [0.2, 0.25) is 10.0 Å². The van der Waals surface area contributed by atoms with Gasteiger partial charge in [0.05, 0.1) is 16.3 Å². The number of nitrogens with one attached hydrogen (secondary N) is 1. The normalized spacial score (nSPS) is 11.4. The quantitative estimate of drug-likeness (QED) is 0.828. The van der Waals surface area contributed by atoms with E-state index in [1.807, 2.05) is 0 Å². The Hall–Kier alpha value is -1.50. The predicted molar refractivity (Wildman–Crippen MR) is 82.8 cm³/mol. The van der Waals surface area contributed by atoms with Gasteiger partial charge in [-0.25, -0.2) is 12.8 Å². The summed E-state index contributed by atoms with van der Waals surface area (Å²) in [6.45, 7) is 1.47. The lowest BCUT2D eigenvalue weighted by Crippen LogP contribution is -2.15. The topological polar surface area (TPSA) is 72.2 Å². The molecule has 0 aromatic heterocycles. The van der Waals surface area contributed by atoms with Crippen LogP contribution in [0.4, 0.5) is 15.8 Å². The van der Waals surface area contributed by atoms with Gasteiger partial charge in [0.25, 0.3) is 10.0 Å². The van der Waals surface area contributed by atoms with Crippen LogP contribution < -0.4 is 10.5 Å². The van der Waals surface area contributed by atoms with E-state index >= 15 is 0 Å². The van der Waals surface area contributed by atoms with Gasteiger partial charge in [-0.05, 0) is 42.8 Å². The van der Waals surface area contributed by atoms with E-state index in [0.29, 0.717) is 0 Å². The number of anilines is 2. The van der Waals surface area contributed by atoms with Gasteiger partial charge in [-0.3, -0.25) is 4.72 Å². The van der Waals surface area contributed by atoms with Crippen LogP contribution >= 0.6 is 23.2 Å². The summed E-state index contributed by atoms with van der Waals surface area (Å²) in [4.78, 5) is -0.113. The zero-order valence-corrected chi connectivity index (χ0v) is 13.2. The smallest absolute Gasteiger partial charge is 0.262 e. The van der Waals surface area contributed by atoms with E-state index < -0.39 is 15.8 Å². The molecule has 21 heavy (non-hydrogen) atoms. The second-order valence-corrected chi connectivity index (χ2v) is 6.93. The molecule has 0 spiro atoms. The monoisotopic (exact) mass is 348 g/mol. The van der Waals surface area contributed by atoms with Crippen molar-refractivity contribution in [1.82, 2.24) is 0 Å². The number of hydrogen-bond acceptors (Lipinski definition) is 3. The summed E-state index contributed by atoms with van der Waals surface area (Å²) in [6, 6.07) is 6.43. The number of halogens is 3. The fourth-order valence-electron chi connectivity index (χ4n) is 1.78. The van der Waals surface area contributed by atoms with Crippen molar-refractivity contribution in [2.75, 3.05) is 10.5 Å². The van der Waals surface area contributed by atoms with Gasteiger partial charge in [0, 0.05) is 10.0 Å². The predicted octanol–water partition coefficient (Wildman–Crippen LogP) is 3.82. The number of nitrogen functional groups attached to an aromatic ring is 1. The molecule has 2 aromatic carbocycles. The molecule has 8 heteroatoms. The Bertz CT molecular complexity index is 790. The minimum atomic E-state index is -3.93. The number of hydrogen-bond donors (Lipinski definition) is 2. The van der Waals surface area contributed by atoms with Crippen molar-refractivity contribution in [3.8, 4) is 0 Å². The Kier molecular flexibility index (Phi) is 4.32. The molecule has 4 nitrogen and oxygen atoms in total. The van der Waals surface area contributed by atoms with Gasteiger partial charge in [-0.2, -0.15) is 0 Å². The second-order valence-electron chi connectivity index (χ2n) is 4.40. The first-order chi connectivity index (χ1) is 9.69. The summed E-state index contributed by atoms with van der Waals surface area (Å²) < 4.78 is 40.3. The minimum absolute atomic E-state index is 0.113. The van der Waals surface area contributed by atoms with E-state index in [0.717, 1.165) is 12.1 Å². The van der Waals surface area contributed by atoms with Crippen LogP contribution in [0, 0.1) is 12.7 Å². The summed E-state index contributed by atoms with van der Waals surface area (Å²) in [5, 5.41) is 0.575. The third-order valence-corrected chi connectivity index (χ3v) is 4.66. The Labute approximate surface area is 131 Å². The minimum Gasteiger partial charge on any atom is -0.396 e. The van der Waals surface area contributed by atoms with Gasteiger partial charge >= 0.3 is 0 Å². The lowest BCUT2D eigenvalue weighted by atomic mass is 10.2. The van der Waals surface area contributed by atoms with Crippen LogP contribution in [0.3, 0.4) is 0 Å². The summed E-state index contributed by atoms with van der Waals surface area (Å²) in [5.41, 5.74) is 5.61. The molecule has 2 rings (SSSR count). The van der Waals surface area contributed by atoms with Crippen LogP contribution in [-0.4, -0.2) is 8.42 Å². The number of aryl methyl sites for hydroxylation is 1. The van der Waals surface area contributed by atoms with Gasteiger partial charge in [0.15, 0.2) is 0 Å². The molecular weight excluding hydrogens is 338 g/mol. The third kappa shape index (κ3) is 3.58. The molecule has 0 aliphatic heterocycles. The summed E-state index contributed by atoms with van der Waals surface area (Å²) >= 11 is 11.6. The fourth-order valence-corrected chi connectivity index (χ4v) is 3.61. The first-order valence-electron chi connectivity index (χ1n) is 5.73. The van der Waals surface area contributed by atoms with E-state index in [9.17, 15) is 12.8 Å². The Balaban J connectivity index is 2.45. The molecule has 0 aliphatic rings. The highest BCUT2D eigenvalue weighted by molar-refractivity contribution is 7.92. The Morgan fingerprint density at radius 1 is 1.10 bits per heavy atom. The standard InChI is InChI=1S/C13H11Cl2FN2O2S/c1-7-2-11(16)12(17)6-13(7)21(19,20)18-10-4-8(14)3-9(15)5-10/h2-6,18H,17H2,1H3. The fraction of sp³-hybridized carbons (Fsp3) is 0.0769. The lowest BCUT2D eigenvalue weighted by Gasteiger charge is -2.12. The Morgan fingerprint density at radius 3 is 2.24 bits per heavy atom. The second kappa shape index (κ2) is 5.71. The molecule has 2 aromatic rings. The first-order valence-corrected chi connectivity index (χ1v) is 7.97. The van der Waals surface area contributed by atoms with Crippen molar-refractivity contribution in [3.05, 3.63) is 51.8 Å². The van der Waals surface area contributed by atoms with Crippen LogP contribution in [0.1, 0.15) is 5.56 Å². The van der Waals surface area contributed by atoms with Crippen LogP contribution in [0.5, 0.6) is 0 Å². The molecule has 0 unspecified atom stereocenters. The molecule has 3 N–H and O–H groups in total. The van der Waals surface area contributed by atoms with E-state index in [2.05, 4.69) is 4.72 Å². The number of sulfonamides is 1. The number of rotatable bonds is 3. The molecule has 0 aliphatic carbocycles. The molecule has 112 valence electrons. The van der Waals surface area contributed by atoms with Crippen LogP contribution in [-0.2, 0) is 10.0 Å². The zero-order valence-electron chi connectivity index (χ0n) is 10.8. The number of benzene rings is 2. The van der Waals surface area contributed by atoms with Crippen molar-refractivity contribution in [3.63, 3.8) is 0 Å². The van der Waals surface area contributed by atoms with E-state index in [4.69, 9.17) is 28.9 Å². The maximum absolute atomic E-state index is 13.3. The highest BCUT2D eigenvalue weighted by atomic mass is 35.5. The average Bonchev–Trinajstić information content (AvgIpc) is 2.31. The van der Waals surface area contributed by atoms with Crippen molar-refractivity contribution in [2.45, 2.75) is 11.8 Å². The van der Waals surface area contributed by atoms with Crippen molar-refractivity contribution >= 4 is 44.6 Å². The first kappa shape index (κ1) is 15.9. The zero-order chi connectivity index (χ0) is 15.8. The molecule has 0 bridgehead atoms. The van der Waals surface area contributed by atoms with Gasteiger partial charge < -0.3 is 5.73 Å². The molecule has 0 saturated heterocycles. The molecule has 0 fully saturated rings. The molecule has 0 saturated carbocycles. The lowest BCUT2D eigenvalue weighted by molar-refractivity contribution is 0.599. The van der Waals surface area contributed by atoms with E-state index in [1.165, 1.54) is 25.1 Å². The largest absolute Gasteiger partial charge is 0.396 e. The molecule has 0 radical (unpaired) electrons. The van der Waals surface area contributed by atoms with Gasteiger partial charge in [-0.15, -0.1) is 0 Å². The van der Waals surface area contributed by atoms with E-state index in [1.54, 1.807) is 0 Å². The SMILES string of the molecule is Cc1cc(F)c(N)cc1S(=O)(=O)Nc1cc(Cl)cc(Cl)c1. The summed E-state index contributed by atoms with van der Waals surface area (Å²) in [6.07, 6.45) is 0.